The van der Waals surface area contributed by atoms with E-state index in [1.807, 2.05) is 25.1 Å². The van der Waals surface area contributed by atoms with Crippen molar-refractivity contribution in [3.8, 4) is 10.6 Å². The first-order valence-corrected chi connectivity index (χ1v) is 6.45. The van der Waals surface area contributed by atoms with Crippen LogP contribution < -0.4 is 5.73 Å². The minimum atomic E-state index is -1.09. The van der Waals surface area contributed by atoms with E-state index >= 15 is 0 Å². The zero-order valence-electron chi connectivity index (χ0n) is 9.55. The van der Waals surface area contributed by atoms with Gasteiger partial charge in [-0.25, -0.2) is 4.98 Å². The largest absolute Gasteiger partial charge is 0.480 e. The fourth-order valence-electron chi connectivity index (χ4n) is 1.41. The number of rotatable bonds is 3. The minimum Gasteiger partial charge on any atom is -0.480 e. The predicted octanol–water partition coefficient (Wildman–Crippen LogP) is 2.86. The van der Waals surface area contributed by atoms with Gasteiger partial charge in [0.15, 0.2) is 0 Å². The van der Waals surface area contributed by atoms with Crippen LogP contribution in [0.25, 0.3) is 10.6 Å². The number of aryl methyl sites for hydroxylation is 1. The van der Waals surface area contributed by atoms with Gasteiger partial charge in [-0.15, -0.1) is 11.3 Å². The van der Waals surface area contributed by atoms with Crippen molar-refractivity contribution in [2.45, 2.75) is 13.0 Å². The van der Waals surface area contributed by atoms with E-state index in [0.29, 0.717) is 15.7 Å². The molecule has 0 spiro atoms. The van der Waals surface area contributed by atoms with E-state index in [2.05, 4.69) is 4.98 Å². The Morgan fingerprint density at radius 3 is 2.89 bits per heavy atom. The van der Waals surface area contributed by atoms with Crippen molar-refractivity contribution in [3.63, 3.8) is 0 Å². The molecule has 0 aliphatic carbocycles. The van der Waals surface area contributed by atoms with Crippen LogP contribution >= 0.6 is 22.9 Å². The van der Waals surface area contributed by atoms with Crippen molar-refractivity contribution in [1.82, 2.24) is 4.98 Å². The summed E-state index contributed by atoms with van der Waals surface area (Å²) in [5, 5.41) is 11.8. The molecule has 1 heterocycles. The summed E-state index contributed by atoms with van der Waals surface area (Å²) in [7, 11) is 0. The van der Waals surface area contributed by atoms with Crippen molar-refractivity contribution < 1.29 is 9.90 Å². The zero-order valence-corrected chi connectivity index (χ0v) is 11.1. The van der Waals surface area contributed by atoms with Crippen molar-refractivity contribution in [2.75, 3.05) is 0 Å². The Morgan fingerprint density at radius 1 is 1.56 bits per heavy atom. The molecule has 0 saturated heterocycles. The average molecular weight is 283 g/mol. The van der Waals surface area contributed by atoms with Crippen molar-refractivity contribution >= 4 is 28.9 Å². The first kappa shape index (κ1) is 13.0. The van der Waals surface area contributed by atoms with Crippen LogP contribution in [0, 0.1) is 6.92 Å². The molecule has 4 nitrogen and oxygen atoms in total. The normalized spacial score (nSPS) is 12.4. The highest BCUT2D eigenvalue weighted by molar-refractivity contribution is 7.13. The number of carbonyl (C=O) groups is 1. The molecule has 0 radical (unpaired) electrons. The lowest BCUT2D eigenvalue weighted by atomic mass is 10.1. The second-order valence-electron chi connectivity index (χ2n) is 3.86. The van der Waals surface area contributed by atoms with Gasteiger partial charge in [-0.3, -0.25) is 4.79 Å². The number of thiazole rings is 1. The van der Waals surface area contributed by atoms with Crippen LogP contribution in [0.5, 0.6) is 0 Å². The third kappa shape index (κ3) is 2.53. The third-order valence-corrected chi connectivity index (χ3v) is 3.84. The molecule has 3 N–H and O–H groups in total. The van der Waals surface area contributed by atoms with E-state index in [1.54, 1.807) is 5.38 Å². The molecule has 1 unspecified atom stereocenters. The lowest BCUT2D eigenvalue weighted by molar-refractivity contribution is -0.138. The van der Waals surface area contributed by atoms with E-state index < -0.39 is 12.0 Å². The number of benzene rings is 1. The fourth-order valence-corrected chi connectivity index (χ4v) is 2.45. The quantitative estimate of drug-likeness (QED) is 0.907. The van der Waals surface area contributed by atoms with Crippen LogP contribution in [-0.4, -0.2) is 16.1 Å². The highest BCUT2D eigenvalue weighted by Crippen LogP contribution is 2.29. The minimum absolute atomic E-state index is 0.360. The first-order chi connectivity index (χ1) is 8.49. The zero-order chi connectivity index (χ0) is 13.3. The Morgan fingerprint density at radius 2 is 2.28 bits per heavy atom. The van der Waals surface area contributed by atoms with Gasteiger partial charge in [0.05, 0.1) is 5.69 Å². The highest BCUT2D eigenvalue weighted by atomic mass is 35.5. The number of carboxylic acid groups (broad SMARTS) is 1. The molecule has 2 aromatic rings. The number of aliphatic carboxylic acids is 1. The summed E-state index contributed by atoms with van der Waals surface area (Å²) in [6.45, 7) is 1.92. The van der Waals surface area contributed by atoms with Gasteiger partial charge in [-0.2, -0.15) is 0 Å². The average Bonchev–Trinajstić information content (AvgIpc) is 2.81. The van der Waals surface area contributed by atoms with Crippen molar-refractivity contribution in [2.24, 2.45) is 5.73 Å². The molecule has 2 rings (SSSR count). The number of carboxylic acids is 1. The van der Waals surface area contributed by atoms with Gasteiger partial charge in [0, 0.05) is 16.0 Å². The van der Waals surface area contributed by atoms with E-state index in [9.17, 15) is 4.79 Å². The number of nitrogens with two attached hydrogens (primary N) is 1. The molecule has 0 aliphatic rings. The molecule has 1 aromatic heterocycles. The lowest BCUT2D eigenvalue weighted by Crippen LogP contribution is -2.20. The van der Waals surface area contributed by atoms with Gasteiger partial charge in [0.25, 0.3) is 0 Å². The summed E-state index contributed by atoms with van der Waals surface area (Å²) >= 11 is 7.39. The molecule has 1 atom stereocenters. The number of hydrogen-bond donors (Lipinski definition) is 2. The number of aromatic nitrogens is 1. The molecule has 18 heavy (non-hydrogen) atoms. The Hall–Kier alpha value is -1.43. The Balaban J connectivity index is 2.35. The predicted molar refractivity (Wildman–Crippen MR) is 71.9 cm³/mol. The lowest BCUT2D eigenvalue weighted by Gasteiger charge is -2.02. The molecule has 94 valence electrons. The topological polar surface area (TPSA) is 76.2 Å². The Kier molecular flexibility index (Phi) is 3.65. The molecule has 0 aliphatic heterocycles. The summed E-state index contributed by atoms with van der Waals surface area (Å²) in [4.78, 5) is 15.0. The van der Waals surface area contributed by atoms with E-state index in [-0.39, 0.29) is 0 Å². The van der Waals surface area contributed by atoms with Gasteiger partial charge < -0.3 is 10.8 Å². The summed E-state index contributed by atoms with van der Waals surface area (Å²) in [6.07, 6.45) is 0. The summed E-state index contributed by atoms with van der Waals surface area (Å²) in [5.74, 6) is -1.09. The van der Waals surface area contributed by atoms with Crippen LogP contribution in [0.1, 0.15) is 17.3 Å². The number of hydrogen-bond acceptors (Lipinski definition) is 4. The van der Waals surface area contributed by atoms with E-state index in [0.717, 1.165) is 11.1 Å². The second kappa shape index (κ2) is 5.06. The van der Waals surface area contributed by atoms with Crippen LogP contribution in [0.3, 0.4) is 0 Å². The summed E-state index contributed by atoms with van der Waals surface area (Å²) < 4.78 is 0. The van der Waals surface area contributed by atoms with E-state index in [4.69, 9.17) is 22.4 Å². The monoisotopic (exact) mass is 282 g/mol. The van der Waals surface area contributed by atoms with E-state index in [1.165, 1.54) is 11.3 Å². The summed E-state index contributed by atoms with van der Waals surface area (Å²) in [6, 6.07) is 4.52. The van der Waals surface area contributed by atoms with Crippen LogP contribution in [0.15, 0.2) is 23.6 Å². The smallest absolute Gasteiger partial charge is 0.326 e. The van der Waals surface area contributed by atoms with Crippen LogP contribution in [0.2, 0.25) is 5.02 Å². The molecule has 0 amide bonds. The Labute approximate surface area is 113 Å². The standard InChI is InChI=1S/C12H11ClN2O2S/c1-6-2-3-7(4-8(6)13)11-15-9(5-18-11)10(14)12(16)17/h2-5,10H,14H2,1H3,(H,16,17). The second-order valence-corrected chi connectivity index (χ2v) is 5.12. The maximum absolute atomic E-state index is 10.8. The molecular formula is C12H11ClN2O2S. The molecule has 1 aromatic carbocycles. The van der Waals surface area contributed by atoms with Gasteiger partial charge in [-0.05, 0) is 18.6 Å². The number of nitrogens with zero attached hydrogens (tertiary/aromatic N) is 1. The van der Waals surface area contributed by atoms with Gasteiger partial charge in [0.2, 0.25) is 0 Å². The van der Waals surface area contributed by atoms with Gasteiger partial charge in [-0.1, -0.05) is 23.7 Å². The Bertz CT molecular complexity index is 598. The molecule has 0 bridgehead atoms. The van der Waals surface area contributed by atoms with Crippen LogP contribution in [0.4, 0.5) is 0 Å². The highest BCUT2D eigenvalue weighted by Gasteiger charge is 2.18. The maximum atomic E-state index is 10.8. The van der Waals surface area contributed by atoms with Crippen molar-refractivity contribution in [1.29, 1.82) is 0 Å². The fraction of sp³-hybridized carbons (Fsp3) is 0.167. The van der Waals surface area contributed by atoms with Gasteiger partial charge >= 0.3 is 5.97 Å². The van der Waals surface area contributed by atoms with Crippen LogP contribution in [-0.2, 0) is 4.79 Å². The van der Waals surface area contributed by atoms with Gasteiger partial charge in [0.1, 0.15) is 11.0 Å². The molecule has 0 saturated carbocycles. The third-order valence-electron chi connectivity index (χ3n) is 2.53. The first-order valence-electron chi connectivity index (χ1n) is 5.19. The maximum Gasteiger partial charge on any atom is 0.326 e. The summed E-state index contributed by atoms with van der Waals surface area (Å²) in [5.41, 5.74) is 7.71. The van der Waals surface area contributed by atoms with Crippen molar-refractivity contribution in [3.05, 3.63) is 39.9 Å². The molecule has 0 fully saturated rings. The molecule has 6 heteroatoms. The SMILES string of the molecule is Cc1ccc(-c2nc(C(N)C(=O)O)cs2)cc1Cl. The number of halogens is 1. The molecular weight excluding hydrogens is 272 g/mol.